The molecule has 0 bridgehead atoms. The van der Waals surface area contributed by atoms with Crippen molar-refractivity contribution < 1.29 is 14.6 Å². The first-order valence-corrected chi connectivity index (χ1v) is 6.47. The van der Waals surface area contributed by atoms with Crippen molar-refractivity contribution in [3.8, 4) is 0 Å². The Balaban J connectivity index is 2.32. The average Bonchev–Trinajstić information content (AvgIpc) is 2.25. The maximum absolute atomic E-state index is 11.6. The van der Waals surface area contributed by atoms with Crippen LogP contribution in [0.25, 0.3) is 0 Å². The van der Waals surface area contributed by atoms with Crippen molar-refractivity contribution >= 4 is 5.91 Å². The molecule has 1 amide bonds. The number of aliphatic hydroxyl groups is 1. The molecule has 2 N–H and O–H groups in total. The molecule has 3 atom stereocenters. The molecule has 0 aromatic carbocycles. The van der Waals surface area contributed by atoms with Crippen LogP contribution in [0.3, 0.4) is 0 Å². The van der Waals surface area contributed by atoms with Crippen LogP contribution in [0.2, 0.25) is 0 Å². The van der Waals surface area contributed by atoms with E-state index in [2.05, 4.69) is 19.2 Å². The van der Waals surface area contributed by atoms with Gasteiger partial charge in [-0.2, -0.15) is 0 Å². The predicted molar refractivity (Wildman–Crippen MR) is 66.7 cm³/mol. The molecule has 1 rings (SSSR count). The maximum atomic E-state index is 11.6. The molecule has 0 heterocycles. The van der Waals surface area contributed by atoms with Gasteiger partial charge in [-0.3, -0.25) is 4.79 Å². The molecule has 1 fully saturated rings. The molecule has 3 unspecified atom stereocenters. The van der Waals surface area contributed by atoms with Gasteiger partial charge in [0.15, 0.2) is 0 Å². The molecule has 0 aliphatic heterocycles. The van der Waals surface area contributed by atoms with Gasteiger partial charge in [-0.1, -0.05) is 13.8 Å². The SMILES string of the molecule is CCOC1CC(NC(=O)CCC(C)O)C1(C)C. The smallest absolute Gasteiger partial charge is 0.220 e. The lowest BCUT2D eigenvalue weighted by Gasteiger charge is -2.51. The Morgan fingerprint density at radius 2 is 2.24 bits per heavy atom. The van der Waals surface area contributed by atoms with Crippen molar-refractivity contribution in [1.29, 1.82) is 0 Å². The first-order chi connectivity index (χ1) is 7.87. The number of carbonyl (C=O) groups excluding carboxylic acids is 1. The molecule has 1 saturated carbocycles. The van der Waals surface area contributed by atoms with Crippen molar-refractivity contribution in [2.24, 2.45) is 5.41 Å². The Morgan fingerprint density at radius 3 is 2.71 bits per heavy atom. The molecule has 0 saturated heterocycles. The fraction of sp³-hybridized carbons (Fsp3) is 0.923. The maximum Gasteiger partial charge on any atom is 0.220 e. The van der Waals surface area contributed by atoms with Gasteiger partial charge in [0.25, 0.3) is 0 Å². The van der Waals surface area contributed by atoms with Crippen LogP contribution in [-0.4, -0.2) is 35.9 Å². The summed E-state index contributed by atoms with van der Waals surface area (Å²) < 4.78 is 5.61. The van der Waals surface area contributed by atoms with E-state index in [1.54, 1.807) is 6.92 Å². The predicted octanol–water partition coefficient (Wildman–Crippen LogP) is 1.47. The molecule has 0 aromatic rings. The van der Waals surface area contributed by atoms with E-state index in [1.807, 2.05) is 6.92 Å². The van der Waals surface area contributed by atoms with Gasteiger partial charge in [-0.05, 0) is 26.7 Å². The number of hydrogen-bond donors (Lipinski definition) is 2. The van der Waals surface area contributed by atoms with Gasteiger partial charge < -0.3 is 15.2 Å². The van der Waals surface area contributed by atoms with Crippen molar-refractivity contribution in [2.45, 2.75) is 65.2 Å². The second-order valence-electron chi connectivity index (χ2n) is 5.51. The van der Waals surface area contributed by atoms with E-state index in [1.165, 1.54) is 0 Å². The van der Waals surface area contributed by atoms with E-state index < -0.39 is 6.10 Å². The van der Waals surface area contributed by atoms with Crippen LogP contribution in [0, 0.1) is 5.41 Å². The van der Waals surface area contributed by atoms with E-state index in [-0.39, 0.29) is 23.5 Å². The van der Waals surface area contributed by atoms with Crippen molar-refractivity contribution in [1.82, 2.24) is 5.32 Å². The van der Waals surface area contributed by atoms with E-state index >= 15 is 0 Å². The summed E-state index contributed by atoms with van der Waals surface area (Å²) in [5.41, 5.74) is 0.0104. The van der Waals surface area contributed by atoms with Crippen molar-refractivity contribution in [3.63, 3.8) is 0 Å². The van der Waals surface area contributed by atoms with Crippen LogP contribution in [0.4, 0.5) is 0 Å². The Hall–Kier alpha value is -0.610. The quantitative estimate of drug-likeness (QED) is 0.742. The normalized spacial score (nSPS) is 28.3. The third-order valence-electron chi connectivity index (χ3n) is 3.67. The molecular weight excluding hydrogens is 218 g/mol. The second-order valence-corrected chi connectivity index (χ2v) is 5.51. The molecule has 1 aliphatic rings. The zero-order valence-electron chi connectivity index (χ0n) is 11.3. The second kappa shape index (κ2) is 5.83. The highest BCUT2D eigenvalue weighted by atomic mass is 16.5. The van der Waals surface area contributed by atoms with Crippen LogP contribution in [0.5, 0.6) is 0 Å². The van der Waals surface area contributed by atoms with E-state index in [4.69, 9.17) is 9.84 Å². The van der Waals surface area contributed by atoms with Gasteiger partial charge in [-0.25, -0.2) is 0 Å². The number of nitrogens with one attached hydrogen (secondary N) is 1. The average molecular weight is 243 g/mol. The molecule has 0 aromatic heterocycles. The first-order valence-electron chi connectivity index (χ1n) is 6.47. The van der Waals surface area contributed by atoms with Gasteiger partial charge in [0.1, 0.15) is 0 Å². The van der Waals surface area contributed by atoms with Crippen LogP contribution >= 0.6 is 0 Å². The van der Waals surface area contributed by atoms with Gasteiger partial charge in [-0.15, -0.1) is 0 Å². The summed E-state index contributed by atoms with van der Waals surface area (Å²) in [6, 6.07) is 0.195. The number of carbonyl (C=O) groups is 1. The van der Waals surface area contributed by atoms with E-state index in [9.17, 15) is 4.79 Å². The van der Waals surface area contributed by atoms with E-state index in [0.29, 0.717) is 12.8 Å². The number of ether oxygens (including phenoxy) is 1. The highest BCUT2D eigenvalue weighted by Gasteiger charge is 2.49. The molecule has 0 radical (unpaired) electrons. The summed E-state index contributed by atoms with van der Waals surface area (Å²) >= 11 is 0. The Labute approximate surface area is 104 Å². The third kappa shape index (κ3) is 3.68. The fourth-order valence-corrected chi connectivity index (χ4v) is 2.22. The Morgan fingerprint density at radius 1 is 1.59 bits per heavy atom. The van der Waals surface area contributed by atoms with Gasteiger partial charge >= 0.3 is 0 Å². The minimum Gasteiger partial charge on any atom is -0.393 e. The summed E-state index contributed by atoms with van der Waals surface area (Å²) in [6.45, 7) is 8.65. The zero-order chi connectivity index (χ0) is 13.1. The van der Waals surface area contributed by atoms with Gasteiger partial charge in [0, 0.05) is 24.5 Å². The standard InChI is InChI=1S/C13H25NO3/c1-5-17-11-8-10(13(11,3)4)14-12(16)7-6-9(2)15/h9-11,15H,5-8H2,1-4H3,(H,14,16). The summed E-state index contributed by atoms with van der Waals surface area (Å²) in [7, 11) is 0. The van der Waals surface area contributed by atoms with Gasteiger partial charge in [0.05, 0.1) is 12.2 Å². The lowest BCUT2D eigenvalue weighted by Crippen LogP contribution is -2.62. The minimum absolute atomic E-state index is 0.0104. The molecule has 100 valence electrons. The topological polar surface area (TPSA) is 58.6 Å². The van der Waals surface area contributed by atoms with Crippen LogP contribution < -0.4 is 5.32 Å². The molecule has 4 heteroatoms. The summed E-state index contributed by atoms with van der Waals surface area (Å²) in [5.74, 6) is 0.0268. The largest absolute Gasteiger partial charge is 0.393 e. The van der Waals surface area contributed by atoms with Crippen LogP contribution in [0.1, 0.15) is 47.0 Å². The van der Waals surface area contributed by atoms with Gasteiger partial charge in [0.2, 0.25) is 5.91 Å². The van der Waals surface area contributed by atoms with Crippen molar-refractivity contribution in [2.75, 3.05) is 6.61 Å². The minimum atomic E-state index is -0.411. The Bertz CT molecular complexity index is 263. The van der Waals surface area contributed by atoms with Crippen LogP contribution in [-0.2, 0) is 9.53 Å². The number of aliphatic hydroxyl groups excluding tert-OH is 1. The zero-order valence-corrected chi connectivity index (χ0v) is 11.3. The number of rotatable bonds is 6. The Kier molecular flexibility index (Phi) is 4.95. The molecule has 1 aliphatic carbocycles. The first kappa shape index (κ1) is 14.5. The number of hydrogen-bond acceptors (Lipinski definition) is 3. The lowest BCUT2D eigenvalue weighted by atomic mass is 9.64. The summed E-state index contributed by atoms with van der Waals surface area (Å²) in [6.07, 6.45) is 1.64. The van der Waals surface area contributed by atoms with Crippen molar-refractivity contribution in [3.05, 3.63) is 0 Å². The van der Waals surface area contributed by atoms with E-state index in [0.717, 1.165) is 13.0 Å². The van der Waals surface area contributed by atoms with Crippen LogP contribution in [0.15, 0.2) is 0 Å². The molecule has 17 heavy (non-hydrogen) atoms. The lowest BCUT2D eigenvalue weighted by molar-refractivity contribution is -0.137. The summed E-state index contributed by atoms with van der Waals surface area (Å²) in [4.78, 5) is 11.6. The molecular formula is C13H25NO3. The molecule has 4 nitrogen and oxygen atoms in total. The fourth-order valence-electron chi connectivity index (χ4n) is 2.22. The third-order valence-corrected chi connectivity index (χ3v) is 3.67. The molecule has 0 spiro atoms. The highest BCUT2D eigenvalue weighted by Crippen LogP contribution is 2.42. The summed E-state index contributed by atoms with van der Waals surface area (Å²) in [5, 5.41) is 12.1. The highest BCUT2D eigenvalue weighted by molar-refractivity contribution is 5.76. The monoisotopic (exact) mass is 243 g/mol. The number of amides is 1.